The molecule has 7 heteroatoms. The van der Waals surface area contributed by atoms with Crippen LogP contribution in [0.5, 0.6) is 0 Å². The average molecular weight is 290 g/mol. The van der Waals surface area contributed by atoms with Gasteiger partial charge in [-0.3, -0.25) is 4.98 Å². The van der Waals surface area contributed by atoms with Crippen molar-refractivity contribution in [2.75, 3.05) is 5.73 Å². The lowest BCUT2D eigenvalue weighted by molar-refractivity contribution is 0.00578. The van der Waals surface area contributed by atoms with Crippen LogP contribution in [-0.4, -0.2) is 34.4 Å². The van der Waals surface area contributed by atoms with Crippen LogP contribution < -0.4 is 5.73 Å². The van der Waals surface area contributed by atoms with Crippen molar-refractivity contribution in [2.24, 2.45) is 0 Å². The molecule has 1 aliphatic rings. The topological polar surface area (TPSA) is 94.7 Å². The summed E-state index contributed by atoms with van der Waals surface area (Å²) in [5, 5.41) is 9.20. The van der Waals surface area contributed by atoms with E-state index in [1.165, 1.54) is 12.4 Å². The first-order chi connectivity index (χ1) is 9.64. The molecule has 0 spiro atoms. The van der Waals surface area contributed by atoms with Gasteiger partial charge in [0.2, 0.25) is 0 Å². The van der Waals surface area contributed by atoms with E-state index < -0.39 is 24.3 Å². The van der Waals surface area contributed by atoms with Gasteiger partial charge in [0.15, 0.2) is 0 Å². The van der Waals surface area contributed by atoms with E-state index in [1.54, 1.807) is 12.1 Å². The highest BCUT2D eigenvalue weighted by molar-refractivity contribution is 6.52. The predicted molar refractivity (Wildman–Crippen MR) is 80.7 cm³/mol. The molecule has 0 amide bonds. The molecule has 112 valence electrons. The number of pyridine rings is 1. The Bertz CT molecular complexity index is 583. The van der Waals surface area contributed by atoms with Crippen molar-refractivity contribution in [2.45, 2.75) is 38.9 Å². The molecule has 1 fully saturated rings. The first-order valence-electron chi connectivity index (χ1n) is 6.65. The van der Waals surface area contributed by atoms with Gasteiger partial charge >= 0.3 is 13.1 Å². The number of carbonyl (C=O) groups is 1. The van der Waals surface area contributed by atoms with Gasteiger partial charge in [-0.1, -0.05) is 12.1 Å². The minimum Gasteiger partial charge on any atom is -0.478 e. The summed E-state index contributed by atoms with van der Waals surface area (Å²) in [6.07, 6.45) is 4.37. The summed E-state index contributed by atoms with van der Waals surface area (Å²) in [6.45, 7) is 7.80. The largest absolute Gasteiger partial charge is 0.487 e. The number of rotatable bonds is 3. The van der Waals surface area contributed by atoms with E-state index >= 15 is 0 Å². The van der Waals surface area contributed by atoms with E-state index in [1.807, 2.05) is 27.7 Å². The molecule has 2 rings (SSSR count). The van der Waals surface area contributed by atoms with Crippen molar-refractivity contribution in [1.82, 2.24) is 4.98 Å². The summed E-state index contributed by atoms with van der Waals surface area (Å²) in [7, 11) is -0.543. The van der Waals surface area contributed by atoms with Gasteiger partial charge in [0.25, 0.3) is 0 Å². The number of nitrogens with two attached hydrogens (primary N) is 1. The number of aromatic nitrogens is 1. The Morgan fingerprint density at radius 2 is 1.86 bits per heavy atom. The van der Waals surface area contributed by atoms with Crippen molar-refractivity contribution in [3.8, 4) is 0 Å². The predicted octanol–water partition coefficient (Wildman–Crippen LogP) is 2.01. The molecule has 1 saturated heterocycles. The Morgan fingerprint density at radius 1 is 1.29 bits per heavy atom. The van der Waals surface area contributed by atoms with Gasteiger partial charge in [-0.25, -0.2) is 4.79 Å². The van der Waals surface area contributed by atoms with Crippen LogP contribution in [0, 0.1) is 0 Å². The first-order valence-corrected chi connectivity index (χ1v) is 6.65. The molecular formula is C14H19BN2O4. The third-order valence-corrected chi connectivity index (χ3v) is 3.92. The van der Waals surface area contributed by atoms with Gasteiger partial charge in [-0.05, 0) is 27.7 Å². The van der Waals surface area contributed by atoms with Crippen molar-refractivity contribution >= 4 is 24.9 Å². The molecule has 0 saturated carbocycles. The molecule has 2 heterocycles. The monoisotopic (exact) mass is 290 g/mol. The lowest BCUT2D eigenvalue weighted by atomic mass is 9.88. The Kier molecular flexibility index (Phi) is 3.82. The molecule has 1 aromatic heterocycles. The third-order valence-electron chi connectivity index (χ3n) is 3.92. The summed E-state index contributed by atoms with van der Waals surface area (Å²) in [5.74, 6) is 0.572. The van der Waals surface area contributed by atoms with Gasteiger partial charge in [-0.2, -0.15) is 0 Å². The fourth-order valence-corrected chi connectivity index (χ4v) is 2.02. The summed E-state index contributed by atoms with van der Waals surface area (Å²) in [4.78, 5) is 15.1. The summed E-state index contributed by atoms with van der Waals surface area (Å²) >= 11 is 0. The lowest BCUT2D eigenvalue weighted by Crippen LogP contribution is -2.41. The average Bonchev–Trinajstić information content (AvgIpc) is 2.54. The number of aromatic carboxylic acids is 1. The van der Waals surface area contributed by atoms with E-state index in [0.29, 0.717) is 5.56 Å². The lowest BCUT2D eigenvalue weighted by Gasteiger charge is -2.32. The highest BCUT2D eigenvalue weighted by Gasteiger charge is 2.50. The maximum Gasteiger partial charge on any atom is 0.487 e. The van der Waals surface area contributed by atoms with Gasteiger partial charge in [0, 0.05) is 11.8 Å². The van der Waals surface area contributed by atoms with Crippen LogP contribution in [0.3, 0.4) is 0 Å². The molecule has 6 nitrogen and oxygen atoms in total. The molecule has 1 aromatic rings. The zero-order valence-corrected chi connectivity index (χ0v) is 12.6. The van der Waals surface area contributed by atoms with Crippen molar-refractivity contribution in [3.63, 3.8) is 0 Å². The van der Waals surface area contributed by atoms with E-state index in [2.05, 4.69) is 4.98 Å². The number of carboxylic acid groups (broad SMARTS) is 1. The van der Waals surface area contributed by atoms with Crippen LogP contribution in [0.4, 0.5) is 5.69 Å². The second kappa shape index (κ2) is 5.16. The van der Waals surface area contributed by atoms with Gasteiger partial charge in [-0.15, -0.1) is 0 Å². The van der Waals surface area contributed by atoms with Gasteiger partial charge in [0.1, 0.15) is 0 Å². The van der Waals surface area contributed by atoms with Crippen LogP contribution in [0.25, 0.3) is 6.08 Å². The zero-order chi connectivity index (χ0) is 15.8. The normalized spacial score (nSPS) is 20.1. The molecular weight excluding hydrogens is 271 g/mol. The number of hydrogen-bond acceptors (Lipinski definition) is 5. The zero-order valence-electron chi connectivity index (χ0n) is 12.6. The minimum atomic E-state index is -1.09. The van der Waals surface area contributed by atoms with E-state index in [-0.39, 0.29) is 11.3 Å². The molecule has 0 radical (unpaired) electrons. The van der Waals surface area contributed by atoms with E-state index in [9.17, 15) is 9.90 Å². The molecule has 0 unspecified atom stereocenters. The highest BCUT2D eigenvalue weighted by Crippen LogP contribution is 2.37. The maximum atomic E-state index is 11.2. The number of carboxylic acids is 1. The van der Waals surface area contributed by atoms with Crippen LogP contribution in [0.2, 0.25) is 0 Å². The minimum absolute atomic E-state index is 0.0257. The first kappa shape index (κ1) is 15.5. The molecule has 3 N–H and O–H groups in total. The number of nitrogens with zero attached hydrogens (tertiary/aromatic N) is 1. The molecule has 0 bridgehead atoms. The number of anilines is 1. The van der Waals surface area contributed by atoms with Crippen LogP contribution in [0.1, 0.15) is 43.6 Å². The van der Waals surface area contributed by atoms with Gasteiger partial charge < -0.3 is 20.1 Å². The Morgan fingerprint density at radius 3 is 2.38 bits per heavy atom. The van der Waals surface area contributed by atoms with Crippen molar-refractivity contribution < 1.29 is 19.2 Å². The smallest absolute Gasteiger partial charge is 0.478 e. The van der Waals surface area contributed by atoms with Crippen LogP contribution >= 0.6 is 0 Å². The Balaban J connectivity index is 2.24. The summed E-state index contributed by atoms with van der Waals surface area (Å²) in [6, 6.07) is 0. The standard InChI is InChI=1S/C14H19BN2O4/c1-13(2)14(3,4)21-15(20-13)6-5-9-7-17-8-10(16)11(9)12(18)19/h5-8H,16H2,1-4H3,(H,18,19)/b6-5+. The molecule has 21 heavy (non-hydrogen) atoms. The van der Waals surface area contributed by atoms with Crippen LogP contribution in [-0.2, 0) is 9.31 Å². The molecule has 0 aliphatic carbocycles. The summed E-state index contributed by atoms with van der Waals surface area (Å²) in [5.41, 5.74) is 5.34. The Hall–Kier alpha value is -1.86. The van der Waals surface area contributed by atoms with Crippen molar-refractivity contribution in [1.29, 1.82) is 0 Å². The highest BCUT2D eigenvalue weighted by atomic mass is 16.7. The SMILES string of the molecule is CC1(C)OB(/C=C/c2cncc(N)c2C(=O)O)OC1(C)C. The fraction of sp³-hybridized carbons (Fsp3) is 0.429. The second-order valence-corrected chi connectivity index (χ2v) is 5.98. The molecule has 0 aromatic carbocycles. The number of nitrogen functional groups attached to an aromatic ring is 1. The van der Waals surface area contributed by atoms with E-state index in [4.69, 9.17) is 15.0 Å². The van der Waals surface area contributed by atoms with Crippen molar-refractivity contribution in [3.05, 3.63) is 29.5 Å². The van der Waals surface area contributed by atoms with E-state index in [0.717, 1.165) is 0 Å². The maximum absolute atomic E-state index is 11.2. The number of hydrogen-bond donors (Lipinski definition) is 2. The summed E-state index contributed by atoms with van der Waals surface area (Å²) < 4.78 is 11.6. The Labute approximate surface area is 124 Å². The molecule has 1 aliphatic heterocycles. The molecule has 0 atom stereocenters. The quantitative estimate of drug-likeness (QED) is 0.827. The van der Waals surface area contributed by atoms with Gasteiger partial charge in [0.05, 0.1) is 28.6 Å². The third kappa shape index (κ3) is 2.93. The fourth-order valence-electron chi connectivity index (χ4n) is 2.02. The van der Waals surface area contributed by atoms with Crippen LogP contribution in [0.15, 0.2) is 18.4 Å². The second-order valence-electron chi connectivity index (χ2n) is 5.98.